The first-order valence-electron chi connectivity index (χ1n) is 6.87. The lowest BCUT2D eigenvalue weighted by atomic mass is 10.2. The number of hydrogen-bond acceptors (Lipinski definition) is 3. The highest BCUT2D eigenvalue weighted by atomic mass is 32.2. The van der Waals surface area contributed by atoms with Crippen molar-refractivity contribution in [3.8, 4) is 0 Å². The van der Waals surface area contributed by atoms with Crippen LogP contribution in [0, 0.1) is 0 Å². The van der Waals surface area contributed by atoms with E-state index in [1.54, 1.807) is 19.0 Å². The molecule has 0 aliphatic carbocycles. The van der Waals surface area contributed by atoms with E-state index in [0.29, 0.717) is 12.1 Å². The molecule has 1 N–H and O–H groups in total. The number of nitrogens with one attached hydrogen (secondary N) is 1. The second kappa shape index (κ2) is 7.96. The number of thiocarbonyl (C=S) groups is 1. The number of nitrogens with zero attached hydrogens (tertiary/aromatic N) is 1. The molecule has 0 atom stereocenters. The molecule has 0 heterocycles. The SMILES string of the molecule is CN(C)C(=O)c1ccc(SC(=S)NCc2ccccc2)cc1. The number of hydrogen-bond donors (Lipinski definition) is 1. The Morgan fingerprint density at radius 1 is 1.09 bits per heavy atom. The molecule has 5 heteroatoms. The Bertz CT molecular complexity index is 639. The van der Waals surface area contributed by atoms with Crippen LogP contribution in [0.1, 0.15) is 15.9 Å². The fraction of sp³-hybridized carbons (Fsp3) is 0.176. The molecule has 22 heavy (non-hydrogen) atoms. The standard InChI is InChI=1S/C17H18N2OS2/c1-19(2)16(20)14-8-10-15(11-9-14)22-17(21)18-12-13-6-4-3-5-7-13/h3-11H,12H2,1-2H3,(H,18,21). The van der Waals surface area contributed by atoms with Gasteiger partial charge in [-0.2, -0.15) is 0 Å². The van der Waals surface area contributed by atoms with Crippen LogP contribution in [0.5, 0.6) is 0 Å². The molecule has 0 aliphatic rings. The second-order valence-corrected chi connectivity index (χ2v) is 6.70. The summed E-state index contributed by atoms with van der Waals surface area (Å²) in [6, 6.07) is 17.6. The molecule has 0 radical (unpaired) electrons. The Hall–Kier alpha value is -1.85. The van der Waals surface area contributed by atoms with Gasteiger partial charge in [-0.3, -0.25) is 4.79 Å². The van der Waals surface area contributed by atoms with Gasteiger partial charge >= 0.3 is 0 Å². The number of carbonyl (C=O) groups excluding carboxylic acids is 1. The summed E-state index contributed by atoms with van der Waals surface area (Å²) in [5, 5.41) is 3.22. The summed E-state index contributed by atoms with van der Waals surface area (Å²) in [5.74, 6) is 0.00123. The Kier molecular flexibility index (Phi) is 5.98. The first-order chi connectivity index (χ1) is 10.6. The van der Waals surface area contributed by atoms with E-state index in [0.717, 1.165) is 9.22 Å². The van der Waals surface area contributed by atoms with Crippen molar-refractivity contribution >= 4 is 34.2 Å². The summed E-state index contributed by atoms with van der Waals surface area (Å²) in [6.07, 6.45) is 0. The fourth-order valence-electron chi connectivity index (χ4n) is 1.84. The number of thioether (sulfide) groups is 1. The van der Waals surface area contributed by atoms with Gasteiger partial charge in [-0.15, -0.1) is 0 Å². The topological polar surface area (TPSA) is 32.3 Å². The molecule has 0 aliphatic heterocycles. The van der Waals surface area contributed by atoms with Crippen LogP contribution >= 0.6 is 24.0 Å². The van der Waals surface area contributed by atoms with Crippen molar-refractivity contribution in [1.82, 2.24) is 10.2 Å². The van der Waals surface area contributed by atoms with Crippen molar-refractivity contribution in [1.29, 1.82) is 0 Å². The van der Waals surface area contributed by atoms with Crippen LogP contribution in [0.4, 0.5) is 0 Å². The average Bonchev–Trinajstić information content (AvgIpc) is 2.54. The molecular weight excluding hydrogens is 312 g/mol. The third-order valence-electron chi connectivity index (χ3n) is 3.00. The summed E-state index contributed by atoms with van der Waals surface area (Å²) >= 11 is 6.82. The predicted octanol–water partition coefficient (Wildman–Crippen LogP) is 3.56. The van der Waals surface area contributed by atoms with Crippen molar-refractivity contribution in [3.05, 3.63) is 65.7 Å². The minimum absolute atomic E-state index is 0.00123. The normalized spacial score (nSPS) is 10.1. The molecule has 114 valence electrons. The number of amides is 1. The van der Waals surface area contributed by atoms with Crippen LogP contribution < -0.4 is 5.32 Å². The highest BCUT2D eigenvalue weighted by Gasteiger charge is 2.08. The van der Waals surface area contributed by atoms with Gasteiger partial charge < -0.3 is 10.2 Å². The Labute approximate surface area is 140 Å². The number of benzene rings is 2. The minimum Gasteiger partial charge on any atom is -0.367 e. The van der Waals surface area contributed by atoms with Crippen molar-refractivity contribution in [2.45, 2.75) is 11.4 Å². The number of carbonyl (C=O) groups is 1. The van der Waals surface area contributed by atoms with E-state index in [1.807, 2.05) is 42.5 Å². The molecule has 0 spiro atoms. The van der Waals surface area contributed by atoms with Gasteiger partial charge in [0.1, 0.15) is 4.32 Å². The largest absolute Gasteiger partial charge is 0.367 e. The Morgan fingerprint density at radius 2 is 1.73 bits per heavy atom. The van der Waals surface area contributed by atoms with Crippen molar-refractivity contribution in [3.63, 3.8) is 0 Å². The zero-order valence-electron chi connectivity index (χ0n) is 12.6. The monoisotopic (exact) mass is 330 g/mol. The van der Waals surface area contributed by atoms with Crippen molar-refractivity contribution < 1.29 is 4.79 Å². The van der Waals surface area contributed by atoms with Crippen LogP contribution in [0.25, 0.3) is 0 Å². The zero-order chi connectivity index (χ0) is 15.9. The summed E-state index contributed by atoms with van der Waals surface area (Å²) < 4.78 is 0.718. The molecule has 2 aromatic rings. The molecule has 0 aromatic heterocycles. The molecule has 3 nitrogen and oxygen atoms in total. The molecule has 0 unspecified atom stereocenters. The van der Waals surface area contributed by atoms with Gasteiger partial charge in [0.15, 0.2) is 0 Å². The van der Waals surface area contributed by atoms with E-state index in [1.165, 1.54) is 17.3 Å². The van der Waals surface area contributed by atoms with E-state index in [2.05, 4.69) is 17.4 Å². The van der Waals surface area contributed by atoms with E-state index in [9.17, 15) is 4.79 Å². The first-order valence-corrected chi connectivity index (χ1v) is 8.10. The lowest BCUT2D eigenvalue weighted by Gasteiger charge is -2.11. The van der Waals surface area contributed by atoms with Gasteiger partial charge in [0, 0.05) is 31.1 Å². The molecule has 0 bridgehead atoms. The van der Waals surface area contributed by atoms with Gasteiger partial charge in [0.25, 0.3) is 5.91 Å². The van der Waals surface area contributed by atoms with Gasteiger partial charge in [0.2, 0.25) is 0 Å². The van der Waals surface area contributed by atoms with Gasteiger partial charge in [-0.1, -0.05) is 54.3 Å². The maximum absolute atomic E-state index is 11.8. The smallest absolute Gasteiger partial charge is 0.253 e. The quantitative estimate of drug-likeness (QED) is 0.686. The summed E-state index contributed by atoms with van der Waals surface area (Å²) in [4.78, 5) is 14.4. The van der Waals surface area contributed by atoms with Crippen LogP contribution in [-0.4, -0.2) is 29.2 Å². The van der Waals surface area contributed by atoms with E-state index in [4.69, 9.17) is 12.2 Å². The molecule has 0 saturated heterocycles. The van der Waals surface area contributed by atoms with E-state index < -0.39 is 0 Å². The van der Waals surface area contributed by atoms with Crippen LogP contribution in [0.3, 0.4) is 0 Å². The lowest BCUT2D eigenvalue weighted by Crippen LogP contribution is -2.21. The zero-order valence-corrected chi connectivity index (χ0v) is 14.2. The molecule has 1 amide bonds. The maximum Gasteiger partial charge on any atom is 0.253 e. The maximum atomic E-state index is 11.8. The van der Waals surface area contributed by atoms with Gasteiger partial charge in [0.05, 0.1) is 0 Å². The minimum atomic E-state index is 0.00123. The first kappa shape index (κ1) is 16.5. The van der Waals surface area contributed by atoms with Crippen LogP contribution in [0.15, 0.2) is 59.5 Å². The third kappa shape index (κ3) is 4.86. The Balaban J connectivity index is 1.88. The van der Waals surface area contributed by atoms with Crippen LogP contribution in [0.2, 0.25) is 0 Å². The lowest BCUT2D eigenvalue weighted by molar-refractivity contribution is 0.0827. The number of rotatable bonds is 4. The van der Waals surface area contributed by atoms with E-state index >= 15 is 0 Å². The van der Waals surface area contributed by atoms with Crippen molar-refractivity contribution in [2.75, 3.05) is 14.1 Å². The van der Waals surface area contributed by atoms with E-state index in [-0.39, 0.29) is 5.91 Å². The highest BCUT2D eigenvalue weighted by Crippen LogP contribution is 2.20. The fourth-order valence-corrected chi connectivity index (χ4v) is 2.83. The molecule has 0 fully saturated rings. The Morgan fingerprint density at radius 3 is 2.32 bits per heavy atom. The molecular formula is C17H18N2OS2. The summed E-state index contributed by atoms with van der Waals surface area (Å²) in [6.45, 7) is 0.712. The third-order valence-corrected chi connectivity index (χ3v) is 4.23. The van der Waals surface area contributed by atoms with Crippen LogP contribution in [-0.2, 0) is 6.54 Å². The summed E-state index contributed by atoms with van der Waals surface area (Å²) in [7, 11) is 3.49. The molecule has 2 aromatic carbocycles. The van der Waals surface area contributed by atoms with Gasteiger partial charge in [-0.25, -0.2) is 0 Å². The highest BCUT2D eigenvalue weighted by molar-refractivity contribution is 8.23. The summed E-state index contributed by atoms with van der Waals surface area (Å²) in [5.41, 5.74) is 1.87. The molecule has 0 saturated carbocycles. The average molecular weight is 330 g/mol. The second-order valence-electron chi connectivity index (χ2n) is 4.95. The van der Waals surface area contributed by atoms with Crippen molar-refractivity contribution in [2.24, 2.45) is 0 Å². The van der Waals surface area contributed by atoms with Gasteiger partial charge in [-0.05, 0) is 29.8 Å². The molecule has 2 rings (SSSR count). The predicted molar refractivity (Wildman–Crippen MR) is 96.2 cm³/mol.